The van der Waals surface area contributed by atoms with E-state index in [9.17, 15) is 5.11 Å². The van der Waals surface area contributed by atoms with E-state index in [1.165, 1.54) is 5.56 Å². The molecule has 1 atom stereocenters. The number of aromatic hydroxyl groups is 1. The number of phenols is 1. The number of fused-ring (bicyclic) bond motifs is 1. The zero-order valence-electron chi connectivity index (χ0n) is 10.2. The van der Waals surface area contributed by atoms with Crippen LogP contribution in [-0.2, 0) is 6.42 Å². The molecule has 0 radical (unpaired) electrons. The largest absolute Gasteiger partial charge is 0.508 e. The van der Waals surface area contributed by atoms with Crippen molar-refractivity contribution in [3.63, 3.8) is 0 Å². The fraction of sp³-hybridized carbons (Fsp3) is 0.200. The Morgan fingerprint density at radius 1 is 1.26 bits per heavy atom. The summed E-state index contributed by atoms with van der Waals surface area (Å²) in [4.78, 5) is 0. The summed E-state index contributed by atoms with van der Waals surface area (Å²) in [6, 6.07) is 11.6. The summed E-state index contributed by atoms with van der Waals surface area (Å²) in [7, 11) is 0. The van der Waals surface area contributed by atoms with E-state index >= 15 is 0 Å². The average molecular weight is 339 g/mol. The molecule has 0 bridgehead atoms. The minimum Gasteiger partial charge on any atom is -0.508 e. The van der Waals surface area contributed by atoms with Crippen LogP contribution in [-0.4, -0.2) is 5.11 Å². The van der Waals surface area contributed by atoms with Crippen LogP contribution in [0, 0.1) is 0 Å². The lowest BCUT2D eigenvalue weighted by Crippen LogP contribution is -2.07. The molecular weight excluding hydrogens is 326 g/mol. The number of hydrogen-bond acceptors (Lipinski definition) is 2. The number of hydrogen-bond donors (Lipinski definition) is 2. The third kappa shape index (κ3) is 2.45. The summed E-state index contributed by atoms with van der Waals surface area (Å²) < 4.78 is 0.991. The van der Waals surface area contributed by atoms with E-state index in [4.69, 9.17) is 11.6 Å². The van der Waals surface area contributed by atoms with Gasteiger partial charge in [0.05, 0.1) is 11.7 Å². The average Bonchev–Trinajstić information content (AvgIpc) is 2.79. The second-order valence-electron chi connectivity index (χ2n) is 4.70. The van der Waals surface area contributed by atoms with Crippen LogP contribution in [0.2, 0.25) is 5.02 Å². The number of nitrogens with one attached hydrogen (secondary N) is 1. The molecule has 2 nitrogen and oxygen atoms in total. The zero-order chi connectivity index (χ0) is 13.4. The molecule has 19 heavy (non-hydrogen) atoms. The van der Waals surface area contributed by atoms with Gasteiger partial charge < -0.3 is 10.4 Å². The van der Waals surface area contributed by atoms with Crippen molar-refractivity contribution >= 4 is 33.2 Å². The van der Waals surface area contributed by atoms with Crippen LogP contribution in [0.4, 0.5) is 5.69 Å². The molecule has 98 valence electrons. The smallest absolute Gasteiger partial charge is 0.119 e. The maximum atomic E-state index is 9.86. The minimum absolute atomic E-state index is 0.219. The normalized spacial score (nSPS) is 17.3. The van der Waals surface area contributed by atoms with E-state index in [-0.39, 0.29) is 6.04 Å². The van der Waals surface area contributed by atoms with Gasteiger partial charge in [0.1, 0.15) is 5.75 Å². The second kappa shape index (κ2) is 5.06. The molecule has 2 N–H and O–H groups in total. The molecule has 4 heteroatoms. The number of halogens is 2. The van der Waals surface area contributed by atoms with Gasteiger partial charge in [0.15, 0.2) is 0 Å². The Balaban J connectivity index is 1.91. The van der Waals surface area contributed by atoms with Gasteiger partial charge in [0, 0.05) is 9.50 Å². The first-order valence-electron chi connectivity index (χ1n) is 6.17. The Morgan fingerprint density at radius 3 is 2.95 bits per heavy atom. The van der Waals surface area contributed by atoms with Crippen molar-refractivity contribution < 1.29 is 5.11 Å². The van der Waals surface area contributed by atoms with Gasteiger partial charge in [-0.1, -0.05) is 23.7 Å². The highest BCUT2D eigenvalue weighted by atomic mass is 79.9. The number of rotatable bonds is 2. The standard InChI is InChI=1S/C15H13BrClNO/c16-12-6-4-9(17)8-14(12)18-13-7-5-11-10(13)2-1-3-15(11)19/h1-4,6,8,13,18-19H,5,7H2. The third-order valence-electron chi connectivity index (χ3n) is 3.50. The number of anilines is 1. The highest BCUT2D eigenvalue weighted by molar-refractivity contribution is 9.10. The van der Waals surface area contributed by atoms with Crippen LogP contribution in [0.3, 0.4) is 0 Å². The Labute approximate surface area is 125 Å². The van der Waals surface area contributed by atoms with Crippen molar-refractivity contribution in [2.45, 2.75) is 18.9 Å². The Kier molecular flexibility index (Phi) is 3.42. The molecule has 1 unspecified atom stereocenters. The highest BCUT2D eigenvalue weighted by Gasteiger charge is 2.24. The van der Waals surface area contributed by atoms with Gasteiger partial charge in [-0.15, -0.1) is 0 Å². The zero-order valence-corrected chi connectivity index (χ0v) is 12.5. The van der Waals surface area contributed by atoms with E-state index in [1.54, 1.807) is 6.07 Å². The summed E-state index contributed by atoms with van der Waals surface area (Å²) in [6.07, 6.45) is 1.88. The summed E-state index contributed by atoms with van der Waals surface area (Å²) in [5.41, 5.74) is 3.21. The van der Waals surface area contributed by atoms with Gasteiger partial charge in [-0.25, -0.2) is 0 Å². The Morgan fingerprint density at radius 2 is 2.11 bits per heavy atom. The van der Waals surface area contributed by atoms with Crippen LogP contribution < -0.4 is 5.32 Å². The predicted octanol–water partition coefficient (Wildman–Crippen LogP) is 4.91. The molecule has 0 heterocycles. The van der Waals surface area contributed by atoms with Crippen molar-refractivity contribution in [1.29, 1.82) is 0 Å². The molecule has 0 fully saturated rings. The first-order chi connectivity index (χ1) is 9.15. The van der Waals surface area contributed by atoms with Crippen molar-refractivity contribution in [2.24, 2.45) is 0 Å². The topological polar surface area (TPSA) is 32.3 Å². The minimum atomic E-state index is 0.219. The monoisotopic (exact) mass is 337 g/mol. The lowest BCUT2D eigenvalue weighted by Gasteiger charge is -2.17. The molecule has 1 aliphatic carbocycles. The maximum absolute atomic E-state index is 9.86. The van der Waals surface area contributed by atoms with Crippen molar-refractivity contribution in [3.8, 4) is 5.75 Å². The molecule has 0 spiro atoms. The van der Waals surface area contributed by atoms with E-state index in [2.05, 4.69) is 27.3 Å². The third-order valence-corrected chi connectivity index (χ3v) is 4.43. The van der Waals surface area contributed by atoms with Crippen molar-refractivity contribution in [1.82, 2.24) is 0 Å². The van der Waals surface area contributed by atoms with Crippen LogP contribution in [0.25, 0.3) is 0 Å². The molecule has 2 aromatic rings. The molecule has 0 saturated heterocycles. The van der Waals surface area contributed by atoms with E-state index < -0.39 is 0 Å². The van der Waals surface area contributed by atoms with Crippen LogP contribution >= 0.6 is 27.5 Å². The lowest BCUT2D eigenvalue weighted by atomic mass is 10.1. The van der Waals surface area contributed by atoms with Crippen molar-refractivity contribution in [3.05, 3.63) is 57.0 Å². The van der Waals surface area contributed by atoms with Gasteiger partial charge in [0.25, 0.3) is 0 Å². The highest BCUT2D eigenvalue weighted by Crippen LogP contribution is 2.39. The summed E-state index contributed by atoms with van der Waals surface area (Å²) in [6.45, 7) is 0. The number of phenolic OH excluding ortho intramolecular Hbond substituents is 1. The summed E-state index contributed by atoms with van der Waals surface area (Å²) in [5, 5.41) is 14.1. The molecule has 2 aromatic carbocycles. The first kappa shape index (κ1) is 12.8. The van der Waals surface area contributed by atoms with E-state index in [0.29, 0.717) is 10.8 Å². The van der Waals surface area contributed by atoms with Crippen molar-refractivity contribution in [2.75, 3.05) is 5.32 Å². The van der Waals surface area contributed by atoms with Gasteiger partial charge >= 0.3 is 0 Å². The Bertz CT molecular complexity index is 630. The van der Waals surface area contributed by atoms with Crippen LogP contribution in [0.1, 0.15) is 23.6 Å². The summed E-state index contributed by atoms with van der Waals surface area (Å²) in [5.74, 6) is 0.395. The fourth-order valence-electron chi connectivity index (χ4n) is 2.58. The first-order valence-corrected chi connectivity index (χ1v) is 7.34. The Hall–Kier alpha value is -1.19. The van der Waals surface area contributed by atoms with Crippen LogP contribution in [0.15, 0.2) is 40.9 Å². The van der Waals surface area contributed by atoms with Gasteiger partial charge in [-0.2, -0.15) is 0 Å². The van der Waals surface area contributed by atoms with E-state index in [1.807, 2.05) is 24.3 Å². The van der Waals surface area contributed by atoms with Crippen LogP contribution in [0.5, 0.6) is 5.75 Å². The second-order valence-corrected chi connectivity index (χ2v) is 6.00. The molecular formula is C15H13BrClNO. The fourth-order valence-corrected chi connectivity index (χ4v) is 3.11. The molecule has 0 aliphatic heterocycles. The molecule has 3 rings (SSSR count). The van der Waals surface area contributed by atoms with E-state index in [0.717, 1.165) is 28.6 Å². The predicted molar refractivity (Wildman–Crippen MR) is 81.9 cm³/mol. The van der Waals surface area contributed by atoms with Gasteiger partial charge in [0.2, 0.25) is 0 Å². The quantitative estimate of drug-likeness (QED) is 0.815. The van der Waals surface area contributed by atoms with Gasteiger partial charge in [-0.3, -0.25) is 0 Å². The maximum Gasteiger partial charge on any atom is 0.119 e. The summed E-state index contributed by atoms with van der Waals surface area (Å²) >= 11 is 9.55. The number of benzene rings is 2. The SMILES string of the molecule is Oc1cccc2c1CCC2Nc1cc(Cl)ccc1Br. The van der Waals surface area contributed by atoms with Gasteiger partial charge in [-0.05, 0) is 64.2 Å². The molecule has 0 amide bonds. The molecule has 0 aromatic heterocycles. The lowest BCUT2D eigenvalue weighted by molar-refractivity contribution is 0.469. The molecule has 0 saturated carbocycles. The molecule has 1 aliphatic rings.